The molecule has 2 aromatic heterocycles. The van der Waals surface area contributed by atoms with Crippen molar-refractivity contribution in [2.45, 2.75) is 6.54 Å². The molecule has 0 aliphatic rings. The minimum atomic E-state index is -0.272. The van der Waals surface area contributed by atoms with Crippen LogP contribution in [0, 0.1) is 5.82 Å². The van der Waals surface area contributed by atoms with Crippen molar-refractivity contribution in [3.05, 3.63) is 96.7 Å². The summed E-state index contributed by atoms with van der Waals surface area (Å²) in [4.78, 5) is 13.2. The molecule has 0 saturated heterocycles. The molecule has 4 rings (SSSR count). The first-order chi connectivity index (χ1) is 13.3. The molecule has 0 saturated carbocycles. The second-order valence-corrected chi connectivity index (χ2v) is 6.04. The maximum Gasteiger partial charge on any atom is 0.223 e. The Morgan fingerprint density at radius 1 is 0.815 bits per heavy atom. The monoisotopic (exact) mass is 356 g/mol. The van der Waals surface area contributed by atoms with Crippen LogP contribution in [-0.4, -0.2) is 15.0 Å². The lowest BCUT2D eigenvalue weighted by Crippen LogP contribution is -2.05. The normalized spacial score (nSPS) is 10.6. The molecular formula is C22H17FN4. The number of aromatic nitrogens is 3. The van der Waals surface area contributed by atoms with Gasteiger partial charge in [-0.25, -0.2) is 14.4 Å². The van der Waals surface area contributed by atoms with Crippen LogP contribution in [0.3, 0.4) is 0 Å². The molecule has 0 bridgehead atoms. The fourth-order valence-electron chi connectivity index (χ4n) is 2.81. The van der Waals surface area contributed by atoms with E-state index in [-0.39, 0.29) is 5.82 Å². The summed E-state index contributed by atoms with van der Waals surface area (Å²) in [5.41, 5.74) is 4.54. The largest absolute Gasteiger partial charge is 0.350 e. The zero-order valence-electron chi connectivity index (χ0n) is 14.5. The molecule has 4 nitrogen and oxygen atoms in total. The number of nitrogens with zero attached hydrogens (tertiary/aromatic N) is 3. The van der Waals surface area contributed by atoms with Crippen LogP contribution in [0.25, 0.3) is 22.4 Å². The molecule has 0 amide bonds. The summed E-state index contributed by atoms with van der Waals surface area (Å²) in [5.74, 6) is 0.266. The first-order valence-corrected chi connectivity index (χ1v) is 8.61. The number of hydrogen-bond donors (Lipinski definition) is 1. The van der Waals surface area contributed by atoms with Crippen molar-refractivity contribution in [3.8, 4) is 22.4 Å². The lowest BCUT2D eigenvalue weighted by molar-refractivity contribution is 0.628. The molecule has 0 unspecified atom stereocenters. The third-order valence-corrected chi connectivity index (χ3v) is 4.19. The number of hydrogen-bond acceptors (Lipinski definition) is 4. The first-order valence-electron chi connectivity index (χ1n) is 8.61. The van der Waals surface area contributed by atoms with Gasteiger partial charge in [-0.05, 0) is 35.4 Å². The Hall–Kier alpha value is -3.60. The first kappa shape index (κ1) is 16.8. The fourth-order valence-corrected chi connectivity index (χ4v) is 2.81. The average Bonchev–Trinajstić information content (AvgIpc) is 2.74. The van der Waals surface area contributed by atoms with E-state index in [4.69, 9.17) is 4.98 Å². The topological polar surface area (TPSA) is 50.7 Å². The van der Waals surface area contributed by atoms with E-state index < -0.39 is 0 Å². The smallest absolute Gasteiger partial charge is 0.223 e. The molecule has 0 atom stereocenters. The quantitative estimate of drug-likeness (QED) is 0.549. The number of halogens is 1. The molecule has 27 heavy (non-hydrogen) atoms. The van der Waals surface area contributed by atoms with Gasteiger partial charge in [-0.3, -0.25) is 4.98 Å². The SMILES string of the molecule is Fc1ccc(-c2cnc(NCc3ccccc3)nc2-c2ccncc2)cc1. The average molecular weight is 356 g/mol. The molecule has 2 heterocycles. The van der Waals surface area contributed by atoms with Gasteiger partial charge in [0.15, 0.2) is 0 Å². The van der Waals surface area contributed by atoms with Crippen molar-refractivity contribution in [2.24, 2.45) is 0 Å². The number of benzene rings is 2. The van der Waals surface area contributed by atoms with Crippen molar-refractivity contribution in [1.29, 1.82) is 0 Å². The molecule has 5 heteroatoms. The van der Waals surface area contributed by atoms with Crippen LogP contribution in [-0.2, 0) is 6.54 Å². The summed E-state index contributed by atoms with van der Waals surface area (Å²) in [6.07, 6.45) is 5.22. The highest BCUT2D eigenvalue weighted by Gasteiger charge is 2.12. The van der Waals surface area contributed by atoms with E-state index in [0.717, 1.165) is 27.9 Å². The minimum Gasteiger partial charge on any atom is -0.350 e. The lowest BCUT2D eigenvalue weighted by atomic mass is 10.0. The number of pyridine rings is 1. The van der Waals surface area contributed by atoms with Gasteiger partial charge in [0.2, 0.25) is 5.95 Å². The molecule has 0 spiro atoms. The van der Waals surface area contributed by atoms with Crippen molar-refractivity contribution >= 4 is 5.95 Å². The molecule has 0 radical (unpaired) electrons. The number of rotatable bonds is 5. The maximum atomic E-state index is 13.3. The third-order valence-electron chi connectivity index (χ3n) is 4.19. The van der Waals surface area contributed by atoms with E-state index in [1.165, 1.54) is 12.1 Å². The van der Waals surface area contributed by atoms with E-state index >= 15 is 0 Å². The van der Waals surface area contributed by atoms with E-state index in [2.05, 4.69) is 15.3 Å². The Bertz CT molecular complexity index is 1020. The molecule has 0 fully saturated rings. The summed E-state index contributed by atoms with van der Waals surface area (Å²) >= 11 is 0. The van der Waals surface area contributed by atoms with Gasteiger partial charge in [-0.15, -0.1) is 0 Å². The van der Waals surface area contributed by atoms with Crippen molar-refractivity contribution < 1.29 is 4.39 Å². The van der Waals surface area contributed by atoms with Crippen molar-refractivity contribution in [1.82, 2.24) is 15.0 Å². The predicted molar refractivity (Wildman–Crippen MR) is 104 cm³/mol. The maximum absolute atomic E-state index is 13.3. The van der Waals surface area contributed by atoms with Crippen LogP contribution in [0.4, 0.5) is 10.3 Å². The summed E-state index contributed by atoms with van der Waals surface area (Å²) in [6.45, 7) is 0.631. The van der Waals surface area contributed by atoms with Crippen LogP contribution < -0.4 is 5.32 Å². The van der Waals surface area contributed by atoms with E-state index in [0.29, 0.717) is 12.5 Å². The van der Waals surface area contributed by atoms with E-state index in [1.807, 2.05) is 42.5 Å². The summed E-state index contributed by atoms with van der Waals surface area (Å²) in [7, 11) is 0. The van der Waals surface area contributed by atoms with Gasteiger partial charge in [-0.1, -0.05) is 42.5 Å². The zero-order chi connectivity index (χ0) is 18.5. The van der Waals surface area contributed by atoms with E-state index in [1.54, 1.807) is 30.7 Å². The van der Waals surface area contributed by atoms with Crippen LogP contribution in [0.15, 0.2) is 85.3 Å². The van der Waals surface area contributed by atoms with Gasteiger partial charge < -0.3 is 5.32 Å². The second kappa shape index (κ2) is 7.74. The zero-order valence-corrected chi connectivity index (χ0v) is 14.5. The van der Waals surface area contributed by atoms with Gasteiger partial charge in [0.1, 0.15) is 5.82 Å². The fraction of sp³-hybridized carbons (Fsp3) is 0.0455. The Morgan fingerprint density at radius 2 is 1.56 bits per heavy atom. The summed E-state index contributed by atoms with van der Waals surface area (Å²) in [6, 6.07) is 20.2. The van der Waals surface area contributed by atoms with Gasteiger partial charge in [0.05, 0.1) is 5.69 Å². The third kappa shape index (κ3) is 3.98. The highest BCUT2D eigenvalue weighted by molar-refractivity contribution is 5.80. The molecule has 0 aliphatic heterocycles. The minimum absolute atomic E-state index is 0.272. The Morgan fingerprint density at radius 3 is 2.30 bits per heavy atom. The number of nitrogens with one attached hydrogen (secondary N) is 1. The Labute approximate surface area is 156 Å². The molecule has 2 aromatic carbocycles. The molecule has 1 N–H and O–H groups in total. The summed E-state index contributed by atoms with van der Waals surface area (Å²) < 4.78 is 13.3. The molecule has 0 aliphatic carbocycles. The highest BCUT2D eigenvalue weighted by atomic mass is 19.1. The van der Waals surface area contributed by atoms with Crippen molar-refractivity contribution in [2.75, 3.05) is 5.32 Å². The van der Waals surface area contributed by atoms with Crippen LogP contribution in [0.1, 0.15) is 5.56 Å². The highest BCUT2D eigenvalue weighted by Crippen LogP contribution is 2.30. The standard InChI is InChI=1S/C22H17FN4/c23-19-8-6-17(7-9-19)20-15-26-22(25-14-16-4-2-1-3-5-16)27-21(20)18-10-12-24-13-11-18/h1-13,15H,14H2,(H,25,26,27). The molecular weight excluding hydrogens is 339 g/mol. The van der Waals surface area contributed by atoms with Crippen LogP contribution in [0.2, 0.25) is 0 Å². The molecule has 132 valence electrons. The predicted octanol–water partition coefficient (Wildman–Crippen LogP) is 4.96. The van der Waals surface area contributed by atoms with Gasteiger partial charge in [0.25, 0.3) is 0 Å². The second-order valence-electron chi connectivity index (χ2n) is 6.04. The Kier molecular flexibility index (Phi) is 4.83. The lowest BCUT2D eigenvalue weighted by Gasteiger charge is -2.12. The van der Waals surface area contributed by atoms with Crippen LogP contribution in [0.5, 0.6) is 0 Å². The summed E-state index contributed by atoms with van der Waals surface area (Å²) in [5, 5.41) is 3.26. The number of anilines is 1. The van der Waals surface area contributed by atoms with Gasteiger partial charge in [0, 0.05) is 36.3 Å². The Balaban J connectivity index is 1.70. The van der Waals surface area contributed by atoms with Gasteiger partial charge >= 0.3 is 0 Å². The van der Waals surface area contributed by atoms with Crippen molar-refractivity contribution in [3.63, 3.8) is 0 Å². The van der Waals surface area contributed by atoms with Crippen LogP contribution >= 0.6 is 0 Å². The van der Waals surface area contributed by atoms with Gasteiger partial charge in [-0.2, -0.15) is 0 Å². The molecule has 4 aromatic rings. The van der Waals surface area contributed by atoms with E-state index in [9.17, 15) is 4.39 Å².